The predicted molar refractivity (Wildman–Crippen MR) is 118 cm³/mol. The second-order valence-electron chi connectivity index (χ2n) is 8.04. The van der Waals surface area contributed by atoms with Gasteiger partial charge in [0.05, 0.1) is 17.5 Å². The molecule has 166 valence electrons. The van der Waals surface area contributed by atoms with Gasteiger partial charge < -0.3 is 15.4 Å². The maximum Gasteiger partial charge on any atom is 0.162 e. The van der Waals surface area contributed by atoms with E-state index in [9.17, 15) is 13.6 Å². The maximum absolute atomic E-state index is 14.5. The summed E-state index contributed by atoms with van der Waals surface area (Å²) in [7, 11) is 0. The molecule has 3 heterocycles. The van der Waals surface area contributed by atoms with Gasteiger partial charge in [0.25, 0.3) is 0 Å². The van der Waals surface area contributed by atoms with Crippen molar-refractivity contribution in [2.24, 2.45) is 0 Å². The first kappa shape index (κ1) is 21.8. The molecule has 32 heavy (non-hydrogen) atoms. The molecule has 1 aliphatic rings. The van der Waals surface area contributed by atoms with Crippen LogP contribution in [-0.4, -0.2) is 34.9 Å². The standard InChI is InChI=1S/C24H24F2N4O2/c1-13-8-16(6-7-28-13)21-12-30(11-14(2)32-21)22-10-19(15(3)31)23(27)24(29-22)18-5-4-17(25)9-20(18)26/h4-10,14,21H,11-12,27H2,1-3H3/t14-,21-/m0/s1. The number of morpholine rings is 1. The summed E-state index contributed by atoms with van der Waals surface area (Å²) in [5.74, 6) is -1.28. The zero-order chi connectivity index (χ0) is 23.0. The van der Waals surface area contributed by atoms with Gasteiger partial charge >= 0.3 is 0 Å². The number of Topliss-reactive ketones (excluding diaryl/α,β-unsaturated/α-hetero) is 1. The summed E-state index contributed by atoms with van der Waals surface area (Å²) in [5.41, 5.74) is 8.51. The van der Waals surface area contributed by atoms with Crippen LogP contribution < -0.4 is 10.6 Å². The lowest BCUT2D eigenvalue weighted by molar-refractivity contribution is -0.0176. The van der Waals surface area contributed by atoms with Gasteiger partial charge in [-0.25, -0.2) is 13.8 Å². The first-order valence-electron chi connectivity index (χ1n) is 10.3. The van der Waals surface area contributed by atoms with E-state index in [1.54, 1.807) is 12.3 Å². The number of hydrogen-bond acceptors (Lipinski definition) is 6. The van der Waals surface area contributed by atoms with Gasteiger partial charge in [-0.15, -0.1) is 0 Å². The molecule has 4 rings (SSSR count). The molecule has 3 aromatic rings. The molecular weight excluding hydrogens is 414 g/mol. The van der Waals surface area contributed by atoms with Crippen molar-refractivity contribution in [3.63, 3.8) is 0 Å². The highest BCUT2D eigenvalue weighted by Gasteiger charge is 2.29. The van der Waals surface area contributed by atoms with Crippen molar-refractivity contribution < 1.29 is 18.3 Å². The highest BCUT2D eigenvalue weighted by atomic mass is 19.1. The number of rotatable bonds is 4. The first-order chi connectivity index (χ1) is 15.2. The second-order valence-corrected chi connectivity index (χ2v) is 8.04. The van der Waals surface area contributed by atoms with E-state index in [1.807, 2.05) is 30.9 Å². The van der Waals surface area contributed by atoms with Gasteiger partial charge in [0.15, 0.2) is 5.78 Å². The zero-order valence-corrected chi connectivity index (χ0v) is 18.1. The van der Waals surface area contributed by atoms with Crippen LogP contribution in [0.1, 0.15) is 41.6 Å². The number of nitrogens with zero attached hydrogens (tertiary/aromatic N) is 3. The van der Waals surface area contributed by atoms with E-state index in [-0.39, 0.29) is 40.5 Å². The number of carbonyl (C=O) groups excluding carboxylic acids is 1. The first-order valence-corrected chi connectivity index (χ1v) is 10.3. The largest absolute Gasteiger partial charge is 0.396 e. The fraction of sp³-hybridized carbons (Fsp3) is 0.292. The summed E-state index contributed by atoms with van der Waals surface area (Å²) in [4.78, 5) is 23.1. The van der Waals surface area contributed by atoms with Crippen molar-refractivity contribution in [1.82, 2.24) is 9.97 Å². The number of ether oxygens (including phenoxy) is 1. The Kier molecular flexibility index (Phi) is 5.88. The van der Waals surface area contributed by atoms with Crippen molar-refractivity contribution >= 4 is 17.3 Å². The van der Waals surface area contributed by atoms with Crippen LogP contribution in [0, 0.1) is 18.6 Å². The van der Waals surface area contributed by atoms with E-state index in [4.69, 9.17) is 10.5 Å². The van der Waals surface area contributed by atoms with Gasteiger partial charge in [-0.05, 0) is 56.7 Å². The molecule has 1 fully saturated rings. The minimum absolute atomic E-state index is 0.0378. The Labute approximate surface area is 185 Å². The average Bonchev–Trinajstić information content (AvgIpc) is 2.73. The van der Waals surface area contributed by atoms with E-state index in [0.29, 0.717) is 18.9 Å². The molecule has 1 aromatic carbocycles. The van der Waals surface area contributed by atoms with E-state index in [2.05, 4.69) is 9.97 Å². The van der Waals surface area contributed by atoms with Crippen molar-refractivity contribution in [2.75, 3.05) is 23.7 Å². The molecule has 0 saturated carbocycles. The third-order valence-corrected chi connectivity index (χ3v) is 5.49. The fourth-order valence-corrected chi connectivity index (χ4v) is 3.97. The van der Waals surface area contributed by atoms with Gasteiger partial charge in [-0.3, -0.25) is 9.78 Å². The van der Waals surface area contributed by atoms with Crippen LogP contribution in [0.25, 0.3) is 11.3 Å². The summed E-state index contributed by atoms with van der Waals surface area (Å²) in [6, 6.07) is 8.69. The Bertz CT molecular complexity index is 1180. The van der Waals surface area contributed by atoms with Gasteiger partial charge in [-0.2, -0.15) is 0 Å². The molecule has 6 nitrogen and oxygen atoms in total. The Morgan fingerprint density at radius 2 is 1.97 bits per heavy atom. The van der Waals surface area contributed by atoms with Crippen LogP contribution in [0.3, 0.4) is 0 Å². The SMILES string of the molecule is CC(=O)c1cc(N2C[C@@H](c3ccnc(C)c3)O[C@@H](C)C2)nc(-c2ccc(F)cc2F)c1N. The number of anilines is 2. The minimum atomic E-state index is -0.795. The summed E-state index contributed by atoms with van der Waals surface area (Å²) in [5, 5.41) is 0. The van der Waals surface area contributed by atoms with E-state index in [0.717, 1.165) is 23.4 Å². The Morgan fingerprint density at radius 1 is 1.19 bits per heavy atom. The number of nitrogens with two attached hydrogens (primary N) is 1. The lowest BCUT2D eigenvalue weighted by Gasteiger charge is -2.38. The van der Waals surface area contributed by atoms with E-state index < -0.39 is 11.6 Å². The summed E-state index contributed by atoms with van der Waals surface area (Å²) in [6.45, 7) is 6.27. The van der Waals surface area contributed by atoms with Crippen LogP contribution >= 0.6 is 0 Å². The fourth-order valence-electron chi connectivity index (χ4n) is 3.97. The zero-order valence-electron chi connectivity index (χ0n) is 18.1. The molecule has 0 amide bonds. The van der Waals surface area contributed by atoms with Crippen LogP contribution in [0.15, 0.2) is 42.6 Å². The molecule has 2 N–H and O–H groups in total. The number of carbonyl (C=O) groups is 1. The third-order valence-electron chi connectivity index (χ3n) is 5.49. The molecule has 2 aromatic heterocycles. The normalized spacial score (nSPS) is 18.6. The van der Waals surface area contributed by atoms with Crippen LogP contribution in [-0.2, 0) is 4.74 Å². The Morgan fingerprint density at radius 3 is 2.66 bits per heavy atom. The Balaban J connectivity index is 1.78. The molecule has 0 radical (unpaired) electrons. The molecule has 2 atom stereocenters. The Hall–Kier alpha value is -3.39. The monoisotopic (exact) mass is 438 g/mol. The topological polar surface area (TPSA) is 81.3 Å². The second kappa shape index (κ2) is 8.63. The number of nitrogen functional groups attached to an aromatic ring is 1. The molecule has 0 aliphatic carbocycles. The number of pyridine rings is 2. The summed E-state index contributed by atoms with van der Waals surface area (Å²) < 4.78 is 34.1. The number of aromatic nitrogens is 2. The minimum Gasteiger partial charge on any atom is -0.396 e. The average molecular weight is 438 g/mol. The molecule has 0 unspecified atom stereocenters. The molecular formula is C24H24F2N4O2. The van der Waals surface area contributed by atoms with Gasteiger partial charge in [-0.1, -0.05) is 0 Å². The molecule has 8 heteroatoms. The summed E-state index contributed by atoms with van der Waals surface area (Å²) >= 11 is 0. The van der Waals surface area contributed by atoms with E-state index >= 15 is 0 Å². The number of benzene rings is 1. The highest BCUT2D eigenvalue weighted by Crippen LogP contribution is 2.35. The number of ketones is 1. The van der Waals surface area contributed by atoms with Gasteiger partial charge in [0.1, 0.15) is 23.6 Å². The van der Waals surface area contributed by atoms with Crippen molar-refractivity contribution in [3.05, 3.63) is 71.1 Å². The number of hydrogen-bond donors (Lipinski definition) is 1. The van der Waals surface area contributed by atoms with E-state index in [1.165, 1.54) is 13.0 Å². The molecule has 0 bridgehead atoms. The van der Waals surface area contributed by atoms with Crippen molar-refractivity contribution in [3.8, 4) is 11.3 Å². The predicted octanol–water partition coefficient (Wildman–Crippen LogP) is 4.48. The molecule has 1 saturated heterocycles. The third kappa shape index (κ3) is 4.31. The molecule has 0 spiro atoms. The van der Waals surface area contributed by atoms with Crippen molar-refractivity contribution in [2.45, 2.75) is 33.0 Å². The van der Waals surface area contributed by atoms with Crippen LogP contribution in [0.4, 0.5) is 20.3 Å². The highest BCUT2D eigenvalue weighted by molar-refractivity contribution is 6.02. The van der Waals surface area contributed by atoms with Gasteiger partial charge in [0, 0.05) is 42.2 Å². The van der Waals surface area contributed by atoms with Gasteiger partial charge in [0.2, 0.25) is 0 Å². The maximum atomic E-state index is 14.5. The van der Waals surface area contributed by atoms with Crippen LogP contribution in [0.2, 0.25) is 0 Å². The summed E-state index contributed by atoms with van der Waals surface area (Å²) in [6.07, 6.45) is 1.39. The number of aryl methyl sites for hydroxylation is 1. The smallest absolute Gasteiger partial charge is 0.162 e. The lowest BCUT2D eigenvalue weighted by atomic mass is 10.0. The quantitative estimate of drug-likeness (QED) is 0.605. The van der Waals surface area contributed by atoms with Crippen molar-refractivity contribution in [1.29, 1.82) is 0 Å². The molecule has 1 aliphatic heterocycles. The van der Waals surface area contributed by atoms with Crippen LogP contribution in [0.5, 0.6) is 0 Å². The number of halogens is 2. The lowest BCUT2D eigenvalue weighted by Crippen LogP contribution is -2.43.